The van der Waals surface area contributed by atoms with E-state index in [2.05, 4.69) is 15.8 Å². The second-order valence-corrected chi connectivity index (χ2v) is 7.01. The van der Waals surface area contributed by atoms with E-state index in [0.717, 1.165) is 0 Å². The van der Waals surface area contributed by atoms with Crippen molar-refractivity contribution in [1.82, 2.24) is 5.43 Å². The fourth-order valence-corrected chi connectivity index (χ4v) is 2.94. The molecule has 0 aromatic heterocycles. The molecule has 3 aromatic carbocycles. The van der Waals surface area contributed by atoms with Crippen LogP contribution in [-0.4, -0.2) is 18.0 Å². The van der Waals surface area contributed by atoms with Gasteiger partial charge in [-0.25, -0.2) is 9.82 Å². The molecule has 3 aromatic rings. The summed E-state index contributed by atoms with van der Waals surface area (Å²) in [6, 6.07) is 17.6. The number of halogens is 3. The number of anilines is 1. The Morgan fingerprint density at radius 3 is 2.29 bits per heavy atom. The molecule has 0 unspecified atom stereocenters. The van der Waals surface area contributed by atoms with Gasteiger partial charge in [-0.2, -0.15) is 5.10 Å². The van der Waals surface area contributed by atoms with Gasteiger partial charge in [0.05, 0.1) is 11.9 Å². The molecule has 2 N–H and O–H groups in total. The number of rotatable bonds is 6. The van der Waals surface area contributed by atoms with Crippen molar-refractivity contribution in [2.75, 3.05) is 5.32 Å². The van der Waals surface area contributed by atoms with Gasteiger partial charge in [0.25, 0.3) is 0 Å². The molecule has 158 valence electrons. The lowest BCUT2D eigenvalue weighted by Crippen LogP contribution is -2.32. The van der Waals surface area contributed by atoms with Crippen molar-refractivity contribution in [2.45, 2.75) is 6.61 Å². The van der Waals surface area contributed by atoms with Crippen molar-refractivity contribution in [1.29, 1.82) is 0 Å². The van der Waals surface area contributed by atoms with Crippen LogP contribution in [0.5, 0.6) is 5.75 Å². The first-order valence-corrected chi connectivity index (χ1v) is 9.74. The first kappa shape index (κ1) is 22.3. The minimum absolute atomic E-state index is 0.0969. The molecule has 3 rings (SSSR count). The Kier molecular flexibility index (Phi) is 7.59. The predicted molar refractivity (Wildman–Crippen MR) is 118 cm³/mol. The molecule has 2 amide bonds. The summed E-state index contributed by atoms with van der Waals surface area (Å²) in [6.45, 7) is 0.207. The summed E-state index contributed by atoms with van der Waals surface area (Å²) in [5, 5.41) is 6.92. The standard InChI is InChI=1S/C22H16Cl2FN3O3/c23-17-4-3-5-18(24)16(17)13-31-15-10-8-14(9-11-15)12-26-28-22(30)21(29)27-20-7-2-1-6-19(20)25/h1-12H,13H2,(H,27,29)(H,28,30)/b26-12+. The third kappa shape index (κ3) is 6.28. The topological polar surface area (TPSA) is 79.8 Å². The van der Waals surface area contributed by atoms with Crippen molar-refractivity contribution in [2.24, 2.45) is 5.10 Å². The summed E-state index contributed by atoms with van der Waals surface area (Å²) in [5.74, 6) is -2.13. The van der Waals surface area contributed by atoms with E-state index in [4.69, 9.17) is 27.9 Å². The highest BCUT2D eigenvalue weighted by Crippen LogP contribution is 2.25. The summed E-state index contributed by atoms with van der Waals surface area (Å²) in [5.41, 5.74) is 3.32. The maximum atomic E-state index is 13.5. The van der Waals surface area contributed by atoms with Crippen molar-refractivity contribution < 1.29 is 18.7 Å². The molecule has 0 saturated carbocycles. The fourth-order valence-electron chi connectivity index (χ4n) is 2.43. The number of ether oxygens (including phenoxy) is 1. The number of nitrogens with one attached hydrogen (secondary N) is 2. The molecule has 0 aliphatic heterocycles. The Balaban J connectivity index is 1.50. The average molecular weight is 460 g/mol. The van der Waals surface area contributed by atoms with E-state index in [1.807, 2.05) is 0 Å². The SMILES string of the molecule is O=C(N/N=C/c1ccc(OCc2c(Cl)cccc2Cl)cc1)C(=O)Nc1ccccc1F. The Bertz CT molecular complexity index is 1100. The molecule has 9 heteroatoms. The molecule has 0 aliphatic carbocycles. The number of hydrazone groups is 1. The molecule has 0 atom stereocenters. The van der Waals surface area contributed by atoms with Crippen LogP contribution in [0.4, 0.5) is 10.1 Å². The second kappa shape index (κ2) is 10.6. The van der Waals surface area contributed by atoms with Gasteiger partial charge < -0.3 is 10.1 Å². The number of nitrogens with zero attached hydrogens (tertiary/aromatic N) is 1. The minimum atomic E-state index is -1.04. The lowest BCUT2D eigenvalue weighted by atomic mass is 10.2. The van der Waals surface area contributed by atoms with Gasteiger partial charge >= 0.3 is 11.8 Å². The van der Waals surface area contributed by atoms with Gasteiger partial charge in [-0.15, -0.1) is 0 Å². The zero-order valence-corrected chi connectivity index (χ0v) is 17.5. The van der Waals surface area contributed by atoms with Gasteiger partial charge in [-0.05, 0) is 54.1 Å². The molecule has 0 aliphatic rings. The normalized spacial score (nSPS) is 10.7. The van der Waals surface area contributed by atoms with Crippen LogP contribution < -0.4 is 15.5 Å². The maximum Gasteiger partial charge on any atom is 0.329 e. The van der Waals surface area contributed by atoms with E-state index in [1.54, 1.807) is 42.5 Å². The van der Waals surface area contributed by atoms with Crippen LogP contribution in [0, 0.1) is 5.82 Å². The number of para-hydroxylation sites is 1. The monoisotopic (exact) mass is 459 g/mol. The first-order valence-electron chi connectivity index (χ1n) is 8.98. The Hall–Kier alpha value is -3.42. The van der Waals surface area contributed by atoms with E-state index in [-0.39, 0.29) is 12.3 Å². The van der Waals surface area contributed by atoms with Gasteiger partial charge in [-0.1, -0.05) is 41.4 Å². The zero-order valence-electron chi connectivity index (χ0n) is 15.9. The van der Waals surface area contributed by atoms with Gasteiger partial charge in [0.1, 0.15) is 18.2 Å². The molecule has 0 bridgehead atoms. The summed E-state index contributed by atoms with van der Waals surface area (Å²) >= 11 is 12.2. The van der Waals surface area contributed by atoms with Gasteiger partial charge in [0, 0.05) is 15.6 Å². The molecule has 31 heavy (non-hydrogen) atoms. The quantitative estimate of drug-likeness (QED) is 0.315. The molecule has 0 saturated heterocycles. The van der Waals surface area contributed by atoms with Crippen LogP contribution in [0.15, 0.2) is 71.8 Å². The van der Waals surface area contributed by atoms with Crippen molar-refractivity contribution in [3.63, 3.8) is 0 Å². The largest absolute Gasteiger partial charge is 0.489 e. The van der Waals surface area contributed by atoms with Crippen molar-refractivity contribution in [3.8, 4) is 5.75 Å². The predicted octanol–water partition coefficient (Wildman–Crippen LogP) is 4.80. The lowest BCUT2D eigenvalue weighted by Gasteiger charge is -2.09. The molecule has 0 radical (unpaired) electrons. The van der Waals surface area contributed by atoms with E-state index < -0.39 is 17.6 Å². The van der Waals surface area contributed by atoms with Gasteiger partial charge in [0.2, 0.25) is 0 Å². The highest BCUT2D eigenvalue weighted by atomic mass is 35.5. The van der Waals surface area contributed by atoms with E-state index in [0.29, 0.717) is 26.9 Å². The number of amides is 2. The molecule has 6 nitrogen and oxygen atoms in total. The van der Waals surface area contributed by atoms with E-state index in [1.165, 1.54) is 30.5 Å². The second-order valence-electron chi connectivity index (χ2n) is 6.19. The highest BCUT2D eigenvalue weighted by Gasteiger charge is 2.14. The molecular weight excluding hydrogens is 444 g/mol. The van der Waals surface area contributed by atoms with Crippen molar-refractivity contribution in [3.05, 3.63) is 93.7 Å². The first-order chi connectivity index (χ1) is 14.9. The smallest absolute Gasteiger partial charge is 0.329 e. The summed E-state index contributed by atoms with van der Waals surface area (Å²) in [6.07, 6.45) is 1.35. The van der Waals surface area contributed by atoms with Crippen LogP contribution in [0.1, 0.15) is 11.1 Å². The van der Waals surface area contributed by atoms with Crippen LogP contribution in [0.3, 0.4) is 0 Å². The van der Waals surface area contributed by atoms with E-state index in [9.17, 15) is 14.0 Å². The number of hydrogen-bond acceptors (Lipinski definition) is 4. The van der Waals surface area contributed by atoms with Gasteiger partial charge in [-0.3, -0.25) is 9.59 Å². The molecule has 0 heterocycles. The Labute approximate surface area is 187 Å². The van der Waals surface area contributed by atoms with Crippen molar-refractivity contribution >= 4 is 46.9 Å². The number of hydrogen-bond donors (Lipinski definition) is 2. The summed E-state index contributed by atoms with van der Waals surface area (Å²) < 4.78 is 19.2. The highest BCUT2D eigenvalue weighted by molar-refractivity contribution is 6.39. The van der Waals surface area contributed by atoms with Crippen LogP contribution in [0.2, 0.25) is 10.0 Å². The molecule has 0 spiro atoms. The summed E-state index contributed by atoms with van der Waals surface area (Å²) in [4.78, 5) is 23.6. The number of carbonyl (C=O) groups excluding carboxylic acids is 2. The van der Waals surface area contributed by atoms with Crippen LogP contribution >= 0.6 is 23.2 Å². The molecular formula is C22H16Cl2FN3O3. The fraction of sp³-hybridized carbons (Fsp3) is 0.0455. The minimum Gasteiger partial charge on any atom is -0.489 e. The number of carbonyl (C=O) groups is 2. The Morgan fingerprint density at radius 2 is 1.61 bits per heavy atom. The average Bonchev–Trinajstić information content (AvgIpc) is 2.76. The Morgan fingerprint density at radius 1 is 0.935 bits per heavy atom. The summed E-state index contributed by atoms with van der Waals surface area (Å²) in [7, 11) is 0. The van der Waals surface area contributed by atoms with Gasteiger partial charge in [0.15, 0.2) is 0 Å². The molecule has 0 fully saturated rings. The van der Waals surface area contributed by atoms with Crippen LogP contribution in [0.25, 0.3) is 0 Å². The maximum absolute atomic E-state index is 13.5. The van der Waals surface area contributed by atoms with Crippen LogP contribution in [-0.2, 0) is 16.2 Å². The number of benzene rings is 3. The lowest BCUT2D eigenvalue weighted by molar-refractivity contribution is -0.136. The van der Waals surface area contributed by atoms with E-state index >= 15 is 0 Å². The third-order valence-corrected chi connectivity index (χ3v) is 4.74. The zero-order chi connectivity index (χ0) is 22.2. The third-order valence-electron chi connectivity index (χ3n) is 4.03.